The van der Waals surface area contributed by atoms with Crippen molar-refractivity contribution in [3.05, 3.63) is 63.3 Å². The first-order valence-corrected chi connectivity index (χ1v) is 6.31. The van der Waals surface area contributed by atoms with Crippen LogP contribution in [-0.4, -0.2) is 4.98 Å². The maximum atomic E-state index is 11.9. The minimum absolute atomic E-state index is 0.150. The molecule has 2 heterocycles. The Morgan fingerprint density at radius 3 is 1.83 bits per heavy atom. The van der Waals surface area contributed by atoms with Crippen LogP contribution >= 0.6 is 23.2 Å². The highest BCUT2D eigenvalue weighted by molar-refractivity contribution is 6.29. The predicted molar refractivity (Wildman–Crippen MR) is 69.7 cm³/mol. The van der Waals surface area contributed by atoms with Gasteiger partial charge in [0.05, 0.1) is 11.1 Å². The van der Waals surface area contributed by atoms with Crippen LogP contribution in [0.4, 0.5) is 26.3 Å². The van der Waals surface area contributed by atoms with Crippen LogP contribution in [0.3, 0.4) is 0 Å². The summed E-state index contributed by atoms with van der Waals surface area (Å²) < 4.78 is 71.6. The monoisotopic (exact) mass is 378 g/mol. The van der Waals surface area contributed by atoms with Gasteiger partial charge < -0.3 is 5.21 Å². The van der Waals surface area contributed by atoms with E-state index in [2.05, 4.69) is 4.98 Å². The quantitative estimate of drug-likeness (QED) is 0.287. The van der Waals surface area contributed by atoms with Crippen molar-refractivity contribution in [2.45, 2.75) is 12.4 Å². The highest BCUT2D eigenvalue weighted by Crippen LogP contribution is 2.30. The summed E-state index contributed by atoms with van der Waals surface area (Å²) >= 11 is 10.4. The molecule has 2 rings (SSSR count). The van der Waals surface area contributed by atoms with Crippen molar-refractivity contribution >= 4 is 23.2 Å². The van der Waals surface area contributed by atoms with E-state index in [-0.39, 0.29) is 9.88 Å². The van der Waals surface area contributed by atoms with Crippen LogP contribution in [0.15, 0.2) is 36.7 Å². The molecule has 0 amide bonds. The number of nitrogens with zero attached hydrogens (tertiary/aromatic N) is 2. The van der Waals surface area contributed by atoms with E-state index < -0.39 is 28.6 Å². The van der Waals surface area contributed by atoms with Crippen molar-refractivity contribution in [2.75, 3.05) is 0 Å². The standard InChI is InChI=1S/C6H3ClF3NO.C6H3ClF3N/c7-5-3-4(6(8,9)10)1-2-11(5)12;7-5-3-4(1-2-11-5)6(8,9)10/h1-3H;1-3H. The second-order valence-electron chi connectivity index (χ2n) is 3.93. The zero-order chi connectivity index (χ0) is 17.8. The van der Waals surface area contributed by atoms with Gasteiger partial charge in [0.1, 0.15) is 5.15 Å². The number of pyridine rings is 2. The molecule has 0 saturated heterocycles. The minimum Gasteiger partial charge on any atom is -0.618 e. The van der Waals surface area contributed by atoms with Crippen LogP contribution in [0.1, 0.15) is 11.1 Å². The fourth-order valence-electron chi connectivity index (χ4n) is 1.21. The Bertz CT molecular complexity index is 675. The fourth-order valence-corrected chi connectivity index (χ4v) is 1.56. The van der Waals surface area contributed by atoms with E-state index in [0.29, 0.717) is 18.3 Å². The highest BCUT2D eigenvalue weighted by atomic mass is 35.5. The van der Waals surface area contributed by atoms with Gasteiger partial charge in [0.2, 0.25) is 0 Å². The topological polar surface area (TPSA) is 39.8 Å². The van der Waals surface area contributed by atoms with Crippen molar-refractivity contribution < 1.29 is 31.1 Å². The first-order valence-electron chi connectivity index (χ1n) is 5.56. The molecule has 0 saturated carbocycles. The Kier molecular flexibility index (Phi) is 6.06. The summed E-state index contributed by atoms with van der Waals surface area (Å²) in [5.74, 6) is 0. The van der Waals surface area contributed by atoms with Gasteiger partial charge in [0, 0.05) is 18.3 Å². The number of alkyl halides is 6. The number of halogens is 8. The van der Waals surface area contributed by atoms with E-state index >= 15 is 0 Å². The zero-order valence-corrected chi connectivity index (χ0v) is 12.3. The molecule has 0 bridgehead atoms. The van der Waals surface area contributed by atoms with Crippen molar-refractivity contribution in [1.82, 2.24) is 4.98 Å². The summed E-state index contributed by atoms with van der Waals surface area (Å²) in [7, 11) is 0. The number of aromatic nitrogens is 2. The Morgan fingerprint density at radius 2 is 1.43 bits per heavy atom. The Morgan fingerprint density at radius 1 is 0.913 bits per heavy atom. The summed E-state index contributed by atoms with van der Waals surface area (Å²) in [4.78, 5) is 3.42. The number of hydrogen-bond acceptors (Lipinski definition) is 2. The second kappa shape index (κ2) is 7.22. The van der Waals surface area contributed by atoms with Gasteiger partial charge in [-0.1, -0.05) is 11.6 Å². The van der Waals surface area contributed by atoms with Crippen LogP contribution in [0.25, 0.3) is 0 Å². The molecular weight excluding hydrogens is 373 g/mol. The van der Waals surface area contributed by atoms with Gasteiger partial charge in [-0.05, 0) is 23.7 Å². The molecule has 0 aromatic carbocycles. The van der Waals surface area contributed by atoms with Gasteiger partial charge in [0.15, 0.2) is 6.20 Å². The smallest absolute Gasteiger partial charge is 0.416 e. The lowest BCUT2D eigenvalue weighted by molar-refractivity contribution is -0.603. The van der Waals surface area contributed by atoms with E-state index in [1.165, 1.54) is 0 Å². The molecule has 0 aliphatic rings. The molecule has 3 nitrogen and oxygen atoms in total. The molecule has 0 N–H and O–H groups in total. The van der Waals surface area contributed by atoms with Crippen molar-refractivity contribution in [1.29, 1.82) is 0 Å². The minimum atomic E-state index is -4.46. The third-order valence-electron chi connectivity index (χ3n) is 2.26. The molecule has 0 radical (unpaired) electrons. The molecule has 0 atom stereocenters. The van der Waals surface area contributed by atoms with Gasteiger partial charge in [0.25, 0.3) is 5.15 Å². The molecule has 0 unspecified atom stereocenters. The van der Waals surface area contributed by atoms with Gasteiger partial charge in [-0.3, -0.25) is 0 Å². The first kappa shape index (κ1) is 19.3. The van der Waals surface area contributed by atoms with Crippen LogP contribution in [-0.2, 0) is 12.4 Å². The summed E-state index contributed by atoms with van der Waals surface area (Å²) in [6, 6.07) is 2.89. The third-order valence-corrected chi connectivity index (χ3v) is 2.74. The summed E-state index contributed by atoms with van der Waals surface area (Å²) in [5.41, 5.74) is -1.71. The average molecular weight is 379 g/mol. The van der Waals surface area contributed by atoms with E-state index in [9.17, 15) is 31.5 Å². The van der Waals surface area contributed by atoms with E-state index in [4.69, 9.17) is 23.2 Å². The van der Waals surface area contributed by atoms with Crippen LogP contribution in [0.5, 0.6) is 0 Å². The third kappa shape index (κ3) is 6.11. The molecule has 2 aromatic rings. The maximum absolute atomic E-state index is 11.9. The molecule has 126 valence electrons. The van der Waals surface area contributed by atoms with E-state index in [1.54, 1.807) is 0 Å². The average Bonchev–Trinajstić information content (AvgIpc) is 2.40. The molecule has 2 aromatic heterocycles. The molecular formula is C12H6Cl2F6N2O. The van der Waals surface area contributed by atoms with Gasteiger partial charge in [-0.25, -0.2) is 4.98 Å². The summed E-state index contributed by atoms with van der Waals surface area (Å²) in [5, 5.41) is 9.87. The number of hydrogen-bond donors (Lipinski definition) is 0. The van der Waals surface area contributed by atoms with Crippen molar-refractivity contribution in [3.63, 3.8) is 0 Å². The van der Waals surface area contributed by atoms with E-state index in [0.717, 1.165) is 18.3 Å². The number of rotatable bonds is 0. The fraction of sp³-hybridized carbons (Fsp3) is 0.167. The molecule has 0 aliphatic carbocycles. The summed E-state index contributed by atoms with van der Waals surface area (Å²) in [6.45, 7) is 0. The molecule has 11 heteroatoms. The normalized spacial score (nSPS) is 11.7. The molecule has 0 fully saturated rings. The lowest BCUT2D eigenvalue weighted by atomic mass is 10.3. The first-order chi connectivity index (χ1) is 10.4. The van der Waals surface area contributed by atoms with Crippen molar-refractivity contribution in [3.8, 4) is 0 Å². The Labute approximate surface area is 135 Å². The van der Waals surface area contributed by atoms with Crippen LogP contribution in [0, 0.1) is 5.21 Å². The SMILES string of the molecule is FC(F)(F)c1ccnc(Cl)c1.[O-][n+]1ccc(C(F)(F)F)cc1Cl. The lowest BCUT2D eigenvalue weighted by Crippen LogP contribution is -2.27. The van der Waals surface area contributed by atoms with Crippen LogP contribution < -0.4 is 4.73 Å². The molecule has 23 heavy (non-hydrogen) atoms. The predicted octanol–water partition coefficient (Wildman–Crippen LogP) is 4.75. The highest BCUT2D eigenvalue weighted by Gasteiger charge is 2.32. The Balaban J connectivity index is 0.000000231. The summed E-state index contributed by atoms with van der Waals surface area (Å²) in [6.07, 6.45) is -7.07. The van der Waals surface area contributed by atoms with Gasteiger partial charge in [-0.15, -0.1) is 0 Å². The largest absolute Gasteiger partial charge is 0.618 e. The lowest BCUT2D eigenvalue weighted by Gasteiger charge is -2.05. The zero-order valence-electron chi connectivity index (χ0n) is 10.8. The van der Waals surface area contributed by atoms with Crippen LogP contribution in [0.2, 0.25) is 10.3 Å². The van der Waals surface area contributed by atoms with Gasteiger partial charge >= 0.3 is 12.4 Å². The molecule has 0 spiro atoms. The second-order valence-corrected chi connectivity index (χ2v) is 4.70. The van der Waals surface area contributed by atoms with Gasteiger partial charge in [-0.2, -0.15) is 31.1 Å². The maximum Gasteiger partial charge on any atom is 0.416 e. The Hall–Kier alpha value is -1.74. The molecule has 0 aliphatic heterocycles. The van der Waals surface area contributed by atoms with Crippen molar-refractivity contribution in [2.24, 2.45) is 0 Å². The van der Waals surface area contributed by atoms with E-state index in [1.807, 2.05) is 0 Å².